The number of amides is 1. The van der Waals surface area contributed by atoms with E-state index in [0.29, 0.717) is 6.54 Å². The summed E-state index contributed by atoms with van der Waals surface area (Å²) in [6.07, 6.45) is 3.39. The monoisotopic (exact) mass is 342 g/mol. The Morgan fingerprint density at radius 3 is 2.96 bits per heavy atom. The van der Waals surface area contributed by atoms with Gasteiger partial charge in [0.05, 0.1) is 12.6 Å². The first-order valence-electron chi connectivity index (χ1n) is 8.62. The minimum absolute atomic E-state index is 0.00505. The summed E-state index contributed by atoms with van der Waals surface area (Å²) in [5.74, 6) is 0.922. The average molecular weight is 342 g/mol. The average Bonchev–Trinajstić information content (AvgIpc) is 3.36. The lowest BCUT2D eigenvalue weighted by Crippen LogP contribution is -2.36. The van der Waals surface area contributed by atoms with Gasteiger partial charge in [0.2, 0.25) is 0 Å². The zero-order chi connectivity index (χ0) is 16.4. The van der Waals surface area contributed by atoms with Crippen LogP contribution in [0.3, 0.4) is 0 Å². The number of thiophene rings is 1. The molecule has 0 unspecified atom stereocenters. The molecule has 0 spiro atoms. The predicted molar refractivity (Wildman–Crippen MR) is 95.8 cm³/mol. The van der Waals surface area contributed by atoms with Gasteiger partial charge in [-0.3, -0.25) is 9.69 Å². The summed E-state index contributed by atoms with van der Waals surface area (Å²) in [7, 11) is 0. The molecule has 0 saturated carbocycles. The van der Waals surface area contributed by atoms with Crippen LogP contribution >= 0.6 is 11.3 Å². The fourth-order valence-electron chi connectivity index (χ4n) is 3.56. The van der Waals surface area contributed by atoms with Crippen molar-refractivity contribution in [3.8, 4) is 5.75 Å². The lowest BCUT2D eigenvalue weighted by molar-refractivity contribution is 0.0938. The molecule has 1 amide bonds. The molecule has 1 saturated heterocycles. The van der Waals surface area contributed by atoms with Crippen LogP contribution in [0.1, 0.15) is 39.7 Å². The number of hydrogen-bond donors (Lipinski definition) is 1. The molecule has 1 N–H and O–H groups in total. The van der Waals surface area contributed by atoms with Crippen LogP contribution in [0.25, 0.3) is 0 Å². The molecule has 24 heavy (non-hydrogen) atoms. The second-order valence-corrected chi connectivity index (χ2v) is 7.38. The third kappa shape index (κ3) is 3.19. The number of benzene rings is 1. The van der Waals surface area contributed by atoms with Gasteiger partial charge in [0.25, 0.3) is 5.91 Å². The van der Waals surface area contributed by atoms with Crippen molar-refractivity contribution in [3.05, 3.63) is 51.7 Å². The van der Waals surface area contributed by atoms with E-state index in [0.717, 1.165) is 43.0 Å². The summed E-state index contributed by atoms with van der Waals surface area (Å²) in [5, 5.41) is 5.25. The summed E-state index contributed by atoms with van der Waals surface area (Å²) in [6, 6.07) is 10.3. The number of ether oxygens (including phenoxy) is 1. The number of carbonyl (C=O) groups is 1. The van der Waals surface area contributed by atoms with Gasteiger partial charge in [-0.15, -0.1) is 11.3 Å². The lowest BCUT2D eigenvalue weighted by Gasteiger charge is -2.27. The molecule has 1 fully saturated rings. The summed E-state index contributed by atoms with van der Waals surface area (Å²) >= 11 is 1.77. The molecule has 2 aliphatic heterocycles. The van der Waals surface area contributed by atoms with E-state index in [1.54, 1.807) is 11.3 Å². The Morgan fingerprint density at radius 2 is 2.17 bits per heavy atom. The molecule has 4 rings (SSSR count). The van der Waals surface area contributed by atoms with E-state index < -0.39 is 0 Å². The number of carbonyl (C=O) groups excluding carboxylic acids is 1. The molecule has 0 aliphatic carbocycles. The van der Waals surface area contributed by atoms with Gasteiger partial charge < -0.3 is 10.1 Å². The minimum atomic E-state index is 0.00505. The van der Waals surface area contributed by atoms with Crippen molar-refractivity contribution in [1.29, 1.82) is 0 Å². The zero-order valence-electron chi connectivity index (χ0n) is 13.7. The van der Waals surface area contributed by atoms with E-state index in [1.165, 1.54) is 17.7 Å². The van der Waals surface area contributed by atoms with Crippen LogP contribution in [0.5, 0.6) is 5.75 Å². The maximum Gasteiger partial charge on any atom is 0.251 e. The summed E-state index contributed by atoms with van der Waals surface area (Å²) in [6.45, 7) is 3.62. The number of fused-ring (bicyclic) bond motifs is 1. The highest BCUT2D eigenvalue weighted by Crippen LogP contribution is 2.28. The van der Waals surface area contributed by atoms with Gasteiger partial charge in [-0.25, -0.2) is 0 Å². The standard InChI is InChI=1S/C19H22N2O2S/c22-19(15-5-6-17-14(12-15)7-10-23-17)20-13-16(18-4-3-11-24-18)21-8-1-2-9-21/h3-6,11-12,16H,1-2,7-10,13H2,(H,20,22)/t16-/m1/s1. The van der Waals surface area contributed by atoms with Crippen molar-refractivity contribution in [2.24, 2.45) is 0 Å². The lowest BCUT2D eigenvalue weighted by atomic mass is 10.1. The van der Waals surface area contributed by atoms with E-state index in [-0.39, 0.29) is 11.9 Å². The fraction of sp³-hybridized carbons (Fsp3) is 0.421. The molecule has 4 nitrogen and oxygen atoms in total. The van der Waals surface area contributed by atoms with Gasteiger partial charge in [0, 0.05) is 23.4 Å². The third-order valence-electron chi connectivity index (χ3n) is 4.86. The Balaban J connectivity index is 1.44. The fourth-order valence-corrected chi connectivity index (χ4v) is 4.42. The maximum atomic E-state index is 12.6. The van der Waals surface area contributed by atoms with Crippen LogP contribution in [-0.2, 0) is 6.42 Å². The van der Waals surface area contributed by atoms with E-state index in [4.69, 9.17) is 4.74 Å². The molecule has 126 valence electrons. The molecule has 1 aromatic carbocycles. The van der Waals surface area contributed by atoms with Gasteiger partial charge in [0.15, 0.2) is 0 Å². The van der Waals surface area contributed by atoms with E-state index in [9.17, 15) is 4.79 Å². The van der Waals surface area contributed by atoms with Crippen molar-refractivity contribution >= 4 is 17.2 Å². The summed E-state index contributed by atoms with van der Waals surface area (Å²) in [5.41, 5.74) is 1.86. The van der Waals surface area contributed by atoms with Crippen LogP contribution in [-0.4, -0.2) is 37.0 Å². The normalized spacial score (nSPS) is 18.2. The number of nitrogens with one attached hydrogen (secondary N) is 1. The highest BCUT2D eigenvalue weighted by molar-refractivity contribution is 7.10. The molecule has 2 aliphatic rings. The second kappa shape index (κ2) is 6.95. The molecule has 3 heterocycles. The highest BCUT2D eigenvalue weighted by atomic mass is 32.1. The molecule has 5 heteroatoms. The molecule has 1 aromatic heterocycles. The Bertz CT molecular complexity index is 708. The Labute approximate surface area is 146 Å². The van der Waals surface area contributed by atoms with Gasteiger partial charge in [-0.2, -0.15) is 0 Å². The van der Waals surface area contributed by atoms with E-state index in [2.05, 4.69) is 27.7 Å². The van der Waals surface area contributed by atoms with Crippen molar-refractivity contribution in [2.75, 3.05) is 26.2 Å². The highest BCUT2D eigenvalue weighted by Gasteiger charge is 2.25. The van der Waals surface area contributed by atoms with Crippen molar-refractivity contribution in [1.82, 2.24) is 10.2 Å². The van der Waals surface area contributed by atoms with Gasteiger partial charge in [0.1, 0.15) is 5.75 Å². The summed E-state index contributed by atoms with van der Waals surface area (Å²) < 4.78 is 5.51. The zero-order valence-corrected chi connectivity index (χ0v) is 14.5. The van der Waals surface area contributed by atoms with Crippen LogP contribution in [0.15, 0.2) is 35.7 Å². The van der Waals surface area contributed by atoms with Crippen LogP contribution in [0.2, 0.25) is 0 Å². The number of nitrogens with zero attached hydrogens (tertiary/aromatic N) is 1. The minimum Gasteiger partial charge on any atom is -0.493 e. The number of hydrogen-bond acceptors (Lipinski definition) is 4. The molecule has 2 aromatic rings. The van der Waals surface area contributed by atoms with Crippen LogP contribution in [0, 0.1) is 0 Å². The topological polar surface area (TPSA) is 41.6 Å². The van der Waals surface area contributed by atoms with Crippen LogP contribution < -0.4 is 10.1 Å². The molecule has 0 radical (unpaired) electrons. The first-order valence-corrected chi connectivity index (χ1v) is 9.50. The van der Waals surface area contributed by atoms with Crippen molar-refractivity contribution in [2.45, 2.75) is 25.3 Å². The quantitative estimate of drug-likeness (QED) is 0.907. The van der Waals surface area contributed by atoms with Crippen LogP contribution in [0.4, 0.5) is 0 Å². The second-order valence-electron chi connectivity index (χ2n) is 6.41. The Hall–Kier alpha value is -1.85. The summed E-state index contributed by atoms with van der Waals surface area (Å²) in [4.78, 5) is 16.4. The Morgan fingerprint density at radius 1 is 1.29 bits per heavy atom. The predicted octanol–water partition coefficient (Wildman–Crippen LogP) is 3.25. The number of likely N-dealkylation sites (tertiary alicyclic amines) is 1. The van der Waals surface area contributed by atoms with Gasteiger partial charge >= 0.3 is 0 Å². The first-order chi connectivity index (χ1) is 11.8. The molecule has 0 bridgehead atoms. The van der Waals surface area contributed by atoms with Gasteiger partial charge in [-0.1, -0.05) is 6.07 Å². The maximum absolute atomic E-state index is 12.6. The smallest absolute Gasteiger partial charge is 0.251 e. The molecular weight excluding hydrogens is 320 g/mol. The van der Waals surface area contributed by atoms with Gasteiger partial charge in [-0.05, 0) is 61.1 Å². The SMILES string of the molecule is O=C(NC[C@H](c1cccs1)N1CCCC1)c1ccc2c(c1)CCO2. The van der Waals surface area contributed by atoms with E-state index >= 15 is 0 Å². The van der Waals surface area contributed by atoms with Crippen molar-refractivity contribution < 1.29 is 9.53 Å². The number of rotatable bonds is 5. The van der Waals surface area contributed by atoms with E-state index in [1.807, 2.05) is 18.2 Å². The molecule has 1 atom stereocenters. The largest absolute Gasteiger partial charge is 0.493 e. The van der Waals surface area contributed by atoms with Crippen molar-refractivity contribution in [3.63, 3.8) is 0 Å². The Kier molecular flexibility index (Phi) is 4.54. The first kappa shape index (κ1) is 15.7. The molecular formula is C19H22N2O2S. The third-order valence-corrected chi connectivity index (χ3v) is 5.83.